The highest BCUT2D eigenvalue weighted by molar-refractivity contribution is 7.89. The molecule has 0 bridgehead atoms. The van der Waals surface area contributed by atoms with E-state index in [1.807, 2.05) is 0 Å². The van der Waals surface area contributed by atoms with Crippen molar-refractivity contribution in [2.45, 2.75) is 5.75 Å². The number of nitrogens with one attached hydrogen (secondary N) is 1. The molecule has 7 heteroatoms. The number of amides is 2. The van der Waals surface area contributed by atoms with Gasteiger partial charge in [0.05, 0.1) is 12.3 Å². The molecule has 0 aliphatic carbocycles. The molecule has 0 heterocycles. The van der Waals surface area contributed by atoms with Crippen LogP contribution in [0.4, 0.5) is 0 Å². The number of carbonyl (C=O) groups excluding carboxylic acids is 2. The first kappa shape index (κ1) is 14.2. The van der Waals surface area contributed by atoms with Crippen molar-refractivity contribution in [2.24, 2.45) is 5.73 Å². The second kappa shape index (κ2) is 5.63. The van der Waals surface area contributed by atoms with E-state index in [0.717, 1.165) is 6.26 Å². The van der Waals surface area contributed by atoms with Gasteiger partial charge in [-0.3, -0.25) is 9.59 Å². The highest BCUT2D eigenvalue weighted by atomic mass is 32.2. The number of benzene rings is 1. The molecule has 0 fully saturated rings. The largest absolute Gasteiger partial charge is 0.368 e. The molecule has 98 valence electrons. The zero-order chi connectivity index (χ0) is 13.8. The van der Waals surface area contributed by atoms with Gasteiger partial charge in [-0.2, -0.15) is 0 Å². The van der Waals surface area contributed by atoms with Crippen LogP contribution in [0.25, 0.3) is 0 Å². The quantitative estimate of drug-likeness (QED) is 0.748. The van der Waals surface area contributed by atoms with E-state index in [1.54, 1.807) is 12.1 Å². The molecule has 18 heavy (non-hydrogen) atoms. The van der Waals surface area contributed by atoms with Gasteiger partial charge >= 0.3 is 0 Å². The van der Waals surface area contributed by atoms with Crippen LogP contribution in [0.1, 0.15) is 15.9 Å². The van der Waals surface area contributed by atoms with Gasteiger partial charge in [-0.1, -0.05) is 12.1 Å². The van der Waals surface area contributed by atoms with Gasteiger partial charge in [0.2, 0.25) is 5.91 Å². The second-order valence-electron chi connectivity index (χ2n) is 3.92. The molecule has 2 amide bonds. The van der Waals surface area contributed by atoms with Crippen molar-refractivity contribution in [1.29, 1.82) is 0 Å². The van der Waals surface area contributed by atoms with Crippen molar-refractivity contribution >= 4 is 21.7 Å². The fourth-order valence-electron chi connectivity index (χ4n) is 1.32. The minimum atomic E-state index is -3.09. The summed E-state index contributed by atoms with van der Waals surface area (Å²) in [6.07, 6.45) is 1.14. The Morgan fingerprint density at radius 3 is 2.22 bits per heavy atom. The zero-order valence-corrected chi connectivity index (χ0v) is 10.7. The number of nitrogens with two attached hydrogens (primary N) is 1. The molecule has 0 saturated heterocycles. The first-order valence-corrected chi connectivity index (χ1v) is 7.17. The van der Waals surface area contributed by atoms with Crippen molar-refractivity contribution in [3.05, 3.63) is 35.4 Å². The monoisotopic (exact) mass is 270 g/mol. The number of rotatable bonds is 5. The Morgan fingerprint density at radius 2 is 1.78 bits per heavy atom. The van der Waals surface area contributed by atoms with E-state index in [-0.39, 0.29) is 12.3 Å². The van der Waals surface area contributed by atoms with Crippen LogP contribution in [0.15, 0.2) is 24.3 Å². The van der Waals surface area contributed by atoms with Crippen LogP contribution in [0, 0.1) is 0 Å². The fraction of sp³-hybridized carbons (Fsp3) is 0.273. The van der Waals surface area contributed by atoms with Crippen molar-refractivity contribution < 1.29 is 18.0 Å². The predicted molar refractivity (Wildman–Crippen MR) is 66.5 cm³/mol. The van der Waals surface area contributed by atoms with E-state index < -0.39 is 21.7 Å². The van der Waals surface area contributed by atoms with Gasteiger partial charge in [0.25, 0.3) is 5.91 Å². The van der Waals surface area contributed by atoms with Gasteiger partial charge < -0.3 is 11.1 Å². The Hall–Kier alpha value is -1.89. The smallest absolute Gasteiger partial charge is 0.251 e. The summed E-state index contributed by atoms with van der Waals surface area (Å²) in [6, 6.07) is 6.11. The summed E-state index contributed by atoms with van der Waals surface area (Å²) in [7, 11) is -3.09. The van der Waals surface area contributed by atoms with E-state index in [4.69, 9.17) is 5.73 Å². The van der Waals surface area contributed by atoms with Gasteiger partial charge in [-0.25, -0.2) is 8.42 Å². The van der Waals surface area contributed by atoms with Gasteiger partial charge in [0, 0.05) is 11.8 Å². The Bertz CT molecular complexity index is 549. The van der Waals surface area contributed by atoms with Crippen molar-refractivity contribution in [3.63, 3.8) is 0 Å². The highest BCUT2D eigenvalue weighted by Gasteiger charge is 2.08. The molecule has 0 aliphatic heterocycles. The van der Waals surface area contributed by atoms with Gasteiger partial charge in [-0.05, 0) is 17.7 Å². The molecule has 0 spiro atoms. The molecule has 1 aromatic rings. The summed E-state index contributed by atoms with van der Waals surface area (Å²) in [5.41, 5.74) is 5.83. The standard InChI is InChI=1S/C11H14N2O4S/c1-18(16,17)7-8-2-4-9(5-3-8)11(15)13-6-10(12)14/h2-5H,6-7H2,1H3,(H2,12,14)(H,13,15). The molecule has 0 unspecified atom stereocenters. The van der Waals surface area contributed by atoms with Crippen LogP contribution in [0.5, 0.6) is 0 Å². The van der Waals surface area contributed by atoms with Crippen molar-refractivity contribution in [2.75, 3.05) is 12.8 Å². The molecule has 1 rings (SSSR count). The summed E-state index contributed by atoms with van der Waals surface area (Å²) in [5, 5.41) is 2.33. The summed E-state index contributed by atoms with van der Waals surface area (Å²) in [6.45, 7) is -0.232. The van der Waals surface area contributed by atoms with Crippen molar-refractivity contribution in [3.8, 4) is 0 Å². The SMILES string of the molecule is CS(=O)(=O)Cc1ccc(C(=O)NCC(N)=O)cc1. The third-order valence-electron chi connectivity index (χ3n) is 2.07. The van der Waals surface area contributed by atoms with Crippen molar-refractivity contribution in [1.82, 2.24) is 5.32 Å². The summed E-state index contributed by atoms with van der Waals surface area (Å²) >= 11 is 0. The lowest BCUT2D eigenvalue weighted by Gasteiger charge is -2.04. The molecule has 0 aliphatic rings. The van der Waals surface area contributed by atoms with Gasteiger partial charge in [0.1, 0.15) is 0 Å². The molecule has 0 atom stereocenters. The molecule has 1 aromatic carbocycles. The third-order valence-corrected chi connectivity index (χ3v) is 2.93. The number of sulfone groups is 1. The first-order chi connectivity index (χ1) is 8.28. The van der Waals surface area contributed by atoms with E-state index in [2.05, 4.69) is 5.32 Å². The Kier molecular flexibility index (Phi) is 4.43. The maximum Gasteiger partial charge on any atom is 0.251 e. The maximum atomic E-state index is 11.5. The van der Waals surface area contributed by atoms with Gasteiger partial charge in [-0.15, -0.1) is 0 Å². The van der Waals surface area contributed by atoms with Crippen LogP contribution in [0.3, 0.4) is 0 Å². The predicted octanol–water partition coefficient (Wildman–Crippen LogP) is -0.554. The molecular formula is C11H14N2O4S. The number of primary amides is 1. The molecule has 3 N–H and O–H groups in total. The van der Waals surface area contributed by atoms with E-state index in [9.17, 15) is 18.0 Å². The molecular weight excluding hydrogens is 256 g/mol. The summed E-state index contributed by atoms with van der Waals surface area (Å²) in [5.74, 6) is -1.13. The number of hydrogen-bond acceptors (Lipinski definition) is 4. The molecule has 0 saturated carbocycles. The number of carbonyl (C=O) groups is 2. The average molecular weight is 270 g/mol. The highest BCUT2D eigenvalue weighted by Crippen LogP contribution is 2.07. The van der Waals surface area contributed by atoms with E-state index in [0.29, 0.717) is 11.1 Å². The fourth-order valence-corrected chi connectivity index (χ4v) is 2.12. The Morgan fingerprint density at radius 1 is 1.22 bits per heavy atom. The minimum Gasteiger partial charge on any atom is -0.368 e. The van der Waals surface area contributed by atoms with Crippen LogP contribution in [-0.4, -0.2) is 33.0 Å². The molecule has 0 radical (unpaired) electrons. The lowest BCUT2D eigenvalue weighted by atomic mass is 10.1. The summed E-state index contributed by atoms with van der Waals surface area (Å²) in [4.78, 5) is 22.0. The lowest BCUT2D eigenvalue weighted by Crippen LogP contribution is -2.33. The van der Waals surface area contributed by atoms with Crippen LogP contribution in [0.2, 0.25) is 0 Å². The van der Waals surface area contributed by atoms with Crippen LogP contribution >= 0.6 is 0 Å². The molecule has 6 nitrogen and oxygen atoms in total. The Labute approximate surface area is 105 Å². The van der Waals surface area contributed by atoms with E-state index in [1.165, 1.54) is 12.1 Å². The number of hydrogen-bond donors (Lipinski definition) is 2. The van der Waals surface area contributed by atoms with Crippen LogP contribution in [-0.2, 0) is 20.4 Å². The second-order valence-corrected chi connectivity index (χ2v) is 6.06. The average Bonchev–Trinajstić information content (AvgIpc) is 2.24. The lowest BCUT2D eigenvalue weighted by molar-refractivity contribution is -0.117. The Balaban J connectivity index is 2.71. The molecule has 0 aromatic heterocycles. The third kappa shape index (κ3) is 4.96. The van der Waals surface area contributed by atoms with E-state index >= 15 is 0 Å². The van der Waals surface area contributed by atoms with Crippen LogP contribution < -0.4 is 11.1 Å². The van der Waals surface area contributed by atoms with Gasteiger partial charge in [0.15, 0.2) is 9.84 Å². The minimum absolute atomic E-state index is 0.0732. The normalized spacial score (nSPS) is 10.9. The summed E-state index contributed by atoms with van der Waals surface area (Å²) < 4.78 is 22.1. The first-order valence-electron chi connectivity index (χ1n) is 5.11. The maximum absolute atomic E-state index is 11.5. The zero-order valence-electron chi connectivity index (χ0n) is 9.84. The topological polar surface area (TPSA) is 106 Å².